The van der Waals surface area contributed by atoms with Crippen LogP contribution >= 0.6 is 11.3 Å². The number of rotatable bonds is 6. The molecule has 0 saturated carbocycles. The molecule has 1 amide bonds. The first-order valence-corrected chi connectivity index (χ1v) is 7.76. The number of thiazole rings is 1. The van der Waals surface area contributed by atoms with Crippen molar-refractivity contribution in [3.8, 4) is 0 Å². The molecule has 20 heavy (non-hydrogen) atoms. The van der Waals surface area contributed by atoms with Crippen LogP contribution in [0.2, 0.25) is 0 Å². The third-order valence-corrected chi connectivity index (χ3v) is 3.32. The largest absolute Gasteiger partial charge is 0.444 e. The van der Waals surface area contributed by atoms with Crippen LogP contribution in [0.3, 0.4) is 0 Å². The van der Waals surface area contributed by atoms with E-state index in [1.54, 1.807) is 22.4 Å². The van der Waals surface area contributed by atoms with Crippen LogP contribution in [0.5, 0.6) is 0 Å². The first kappa shape index (κ1) is 16.9. The van der Waals surface area contributed by atoms with E-state index in [1.165, 1.54) is 0 Å². The van der Waals surface area contributed by atoms with E-state index in [0.717, 1.165) is 18.1 Å². The molecule has 0 saturated heterocycles. The second-order valence-corrected chi connectivity index (χ2v) is 6.85. The van der Waals surface area contributed by atoms with Crippen LogP contribution in [0.15, 0.2) is 11.6 Å². The minimum atomic E-state index is -0.460. The molecule has 0 unspecified atom stereocenters. The highest BCUT2D eigenvalue weighted by atomic mass is 32.1. The average Bonchev–Trinajstić information content (AvgIpc) is 2.78. The molecule has 0 bridgehead atoms. The smallest absolute Gasteiger partial charge is 0.410 e. The van der Waals surface area contributed by atoms with Gasteiger partial charge in [-0.2, -0.15) is 0 Å². The molecule has 0 spiro atoms. The molecular weight excluding hydrogens is 274 g/mol. The fourth-order valence-electron chi connectivity index (χ4n) is 1.62. The van der Waals surface area contributed by atoms with Gasteiger partial charge in [-0.3, -0.25) is 0 Å². The van der Waals surface area contributed by atoms with Crippen LogP contribution < -0.4 is 5.32 Å². The molecule has 0 fully saturated rings. The number of hydrogen-bond acceptors (Lipinski definition) is 5. The quantitative estimate of drug-likeness (QED) is 0.821. The molecule has 114 valence electrons. The fraction of sp³-hybridized carbons (Fsp3) is 0.714. The van der Waals surface area contributed by atoms with Gasteiger partial charge in [0.25, 0.3) is 0 Å². The number of carbonyl (C=O) groups is 1. The number of carbonyl (C=O) groups excluding carboxylic acids is 1. The zero-order valence-corrected chi connectivity index (χ0v) is 13.8. The predicted molar refractivity (Wildman–Crippen MR) is 81.9 cm³/mol. The second-order valence-electron chi connectivity index (χ2n) is 5.87. The van der Waals surface area contributed by atoms with Crippen LogP contribution in [0.4, 0.5) is 4.79 Å². The van der Waals surface area contributed by atoms with Gasteiger partial charge >= 0.3 is 6.09 Å². The molecular formula is C14H25N3O2S. The number of amides is 1. The Balaban J connectivity index is 2.37. The number of aromatic nitrogens is 1. The Morgan fingerprint density at radius 1 is 1.50 bits per heavy atom. The third kappa shape index (κ3) is 6.34. The first-order valence-electron chi connectivity index (χ1n) is 6.88. The van der Waals surface area contributed by atoms with Gasteiger partial charge in [0.1, 0.15) is 10.6 Å². The van der Waals surface area contributed by atoms with Gasteiger partial charge in [0.2, 0.25) is 0 Å². The van der Waals surface area contributed by atoms with Crippen molar-refractivity contribution in [2.45, 2.75) is 52.8 Å². The minimum Gasteiger partial charge on any atom is -0.444 e. The Morgan fingerprint density at radius 3 is 2.70 bits per heavy atom. The summed E-state index contributed by atoms with van der Waals surface area (Å²) in [6.07, 6.45) is 1.53. The second kappa shape index (κ2) is 7.59. The monoisotopic (exact) mass is 299 g/mol. The summed E-state index contributed by atoms with van der Waals surface area (Å²) in [5, 5.41) is 6.30. The van der Waals surface area contributed by atoms with E-state index < -0.39 is 5.60 Å². The highest BCUT2D eigenvalue weighted by molar-refractivity contribution is 7.09. The van der Waals surface area contributed by atoms with Crippen molar-refractivity contribution in [2.75, 3.05) is 13.1 Å². The van der Waals surface area contributed by atoms with Gasteiger partial charge in [-0.1, -0.05) is 0 Å². The predicted octanol–water partition coefficient (Wildman–Crippen LogP) is 2.88. The molecule has 6 heteroatoms. The maximum Gasteiger partial charge on any atom is 0.410 e. The average molecular weight is 299 g/mol. The summed E-state index contributed by atoms with van der Waals surface area (Å²) in [5.74, 6) is 0. The Labute approximate surface area is 125 Å². The summed E-state index contributed by atoms with van der Waals surface area (Å²) in [6, 6.07) is 0.117. The van der Waals surface area contributed by atoms with Gasteiger partial charge < -0.3 is 15.0 Å². The Morgan fingerprint density at radius 2 is 2.20 bits per heavy atom. The summed E-state index contributed by atoms with van der Waals surface area (Å²) in [5.41, 5.74) is -0.460. The Kier molecular flexibility index (Phi) is 6.42. The highest BCUT2D eigenvalue weighted by Gasteiger charge is 2.23. The molecule has 0 atom stereocenters. The lowest BCUT2D eigenvalue weighted by Crippen LogP contribution is -2.44. The van der Waals surface area contributed by atoms with E-state index in [1.807, 2.05) is 40.0 Å². The number of hydrogen-bond donors (Lipinski definition) is 1. The van der Waals surface area contributed by atoms with Gasteiger partial charge in [0.05, 0.1) is 0 Å². The SMILES string of the molecule is CC(C)N(CCNCc1nccs1)C(=O)OC(C)(C)C. The first-order chi connectivity index (χ1) is 9.29. The maximum atomic E-state index is 12.1. The molecule has 1 N–H and O–H groups in total. The molecule has 1 heterocycles. The standard InChI is InChI=1S/C14H25N3O2S/c1-11(2)17(13(18)19-14(3,4)5)8-6-15-10-12-16-7-9-20-12/h7,9,11,15H,6,8,10H2,1-5H3. The van der Waals surface area contributed by atoms with Crippen LogP contribution in [-0.2, 0) is 11.3 Å². The minimum absolute atomic E-state index is 0.117. The van der Waals surface area contributed by atoms with Crippen LogP contribution in [0.1, 0.15) is 39.6 Å². The van der Waals surface area contributed by atoms with Crippen molar-refractivity contribution in [3.05, 3.63) is 16.6 Å². The summed E-state index contributed by atoms with van der Waals surface area (Å²) in [4.78, 5) is 18.0. The van der Waals surface area contributed by atoms with Gasteiger partial charge in [-0.25, -0.2) is 9.78 Å². The van der Waals surface area contributed by atoms with Crippen molar-refractivity contribution < 1.29 is 9.53 Å². The topological polar surface area (TPSA) is 54.5 Å². The molecule has 0 aromatic carbocycles. The summed E-state index contributed by atoms with van der Waals surface area (Å²) in [7, 11) is 0. The van der Waals surface area contributed by atoms with Crippen LogP contribution in [0.25, 0.3) is 0 Å². The molecule has 0 radical (unpaired) electrons. The zero-order valence-electron chi connectivity index (χ0n) is 13.0. The zero-order chi connectivity index (χ0) is 15.2. The lowest BCUT2D eigenvalue weighted by molar-refractivity contribution is 0.0193. The molecule has 1 aromatic rings. The van der Waals surface area contributed by atoms with E-state index in [-0.39, 0.29) is 12.1 Å². The molecule has 1 rings (SSSR count). The van der Waals surface area contributed by atoms with E-state index >= 15 is 0 Å². The molecule has 0 aliphatic heterocycles. The highest BCUT2D eigenvalue weighted by Crippen LogP contribution is 2.11. The van der Waals surface area contributed by atoms with E-state index in [9.17, 15) is 4.79 Å². The lowest BCUT2D eigenvalue weighted by Gasteiger charge is -2.30. The van der Waals surface area contributed by atoms with Crippen LogP contribution in [0, 0.1) is 0 Å². The summed E-state index contributed by atoms with van der Waals surface area (Å²) < 4.78 is 5.41. The van der Waals surface area contributed by atoms with Gasteiger partial charge in [-0.05, 0) is 34.6 Å². The van der Waals surface area contributed by atoms with Gasteiger partial charge in [0, 0.05) is 37.3 Å². The van der Waals surface area contributed by atoms with E-state index in [4.69, 9.17) is 4.74 Å². The van der Waals surface area contributed by atoms with Crippen molar-refractivity contribution >= 4 is 17.4 Å². The molecule has 0 aliphatic carbocycles. The third-order valence-electron chi connectivity index (χ3n) is 2.54. The maximum absolute atomic E-state index is 12.1. The van der Waals surface area contributed by atoms with Crippen LogP contribution in [-0.4, -0.2) is 40.7 Å². The summed E-state index contributed by atoms with van der Waals surface area (Å²) in [6.45, 7) is 11.7. The van der Waals surface area contributed by atoms with Crippen molar-refractivity contribution in [3.63, 3.8) is 0 Å². The van der Waals surface area contributed by atoms with E-state index in [0.29, 0.717) is 6.54 Å². The van der Waals surface area contributed by atoms with Crippen molar-refractivity contribution in [1.82, 2.24) is 15.2 Å². The van der Waals surface area contributed by atoms with Crippen molar-refractivity contribution in [2.24, 2.45) is 0 Å². The normalized spacial score (nSPS) is 11.7. The van der Waals surface area contributed by atoms with Gasteiger partial charge in [0.15, 0.2) is 0 Å². The van der Waals surface area contributed by atoms with Gasteiger partial charge in [-0.15, -0.1) is 11.3 Å². The number of nitrogens with zero attached hydrogens (tertiary/aromatic N) is 2. The Hall–Kier alpha value is -1.14. The van der Waals surface area contributed by atoms with Crippen molar-refractivity contribution in [1.29, 1.82) is 0 Å². The molecule has 0 aliphatic rings. The number of ether oxygens (including phenoxy) is 1. The number of nitrogens with one attached hydrogen (secondary N) is 1. The fourth-order valence-corrected chi connectivity index (χ4v) is 2.20. The van der Waals surface area contributed by atoms with E-state index in [2.05, 4.69) is 10.3 Å². The summed E-state index contributed by atoms with van der Waals surface area (Å²) >= 11 is 1.62. The lowest BCUT2D eigenvalue weighted by atomic mass is 10.2. The Bertz CT molecular complexity index is 399. The molecule has 1 aromatic heterocycles. The molecule has 5 nitrogen and oxygen atoms in total.